The zero-order chi connectivity index (χ0) is 18.2. The number of nitrogens with zero attached hydrogens (tertiary/aromatic N) is 3. The van der Waals surface area contributed by atoms with Gasteiger partial charge in [-0.05, 0) is 23.1 Å². The molecular formula is C17H22N4O3. The summed E-state index contributed by atoms with van der Waals surface area (Å²) in [5.41, 5.74) is 6.07. The molecule has 0 bridgehead atoms. The molecule has 0 spiro atoms. The lowest BCUT2D eigenvalue weighted by molar-refractivity contribution is 0.473. The first-order chi connectivity index (χ1) is 11.0. The van der Waals surface area contributed by atoms with E-state index in [-0.39, 0.29) is 22.7 Å². The van der Waals surface area contributed by atoms with E-state index in [0.29, 0.717) is 5.56 Å². The van der Waals surface area contributed by atoms with Crippen LogP contribution >= 0.6 is 0 Å². The lowest BCUT2D eigenvalue weighted by Crippen LogP contribution is -2.37. The quantitative estimate of drug-likeness (QED) is 0.813. The van der Waals surface area contributed by atoms with E-state index in [1.54, 1.807) is 6.07 Å². The van der Waals surface area contributed by atoms with Gasteiger partial charge in [0.05, 0.1) is 0 Å². The standard InChI is InChI=1S/C17H22N4O3/c1-17(2,3)11-6-7-12(22)10(8-11)9-19-13-14(18)20(4)16(24)21(5)15(13)23/h6-9,22H,18H2,1-5H3. The summed E-state index contributed by atoms with van der Waals surface area (Å²) in [5.74, 6) is 0.0257. The molecule has 0 radical (unpaired) electrons. The van der Waals surface area contributed by atoms with Crippen LogP contribution in [0.15, 0.2) is 32.8 Å². The first-order valence-electron chi connectivity index (χ1n) is 7.47. The summed E-state index contributed by atoms with van der Waals surface area (Å²) >= 11 is 0. The number of nitrogen functional groups attached to an aromatic ring is 1. The molecule has 0 amide bonds. The van der Waals surface area contributed by atoms with Crippen molar-refractivity contribution in [3.8, 4) is 5.75 Å². The summed E-state index contributed by atoms with van der Waals surface area (Å²) in [6, 6.07) is 5.23. The van der Waals surface area contributed by atoms with Crippen molar-refractivity contribution in [1.29, 1.82) is 0 Å². The molecule has 7 heteroatoms. The number of aromatic nitrogens is 2. The average molecular weight is 330 g/mol. The number of nitrogens with two attached hydrogens (primary N) is 1. The van der Waals surface area contributed by atoms with Gasteiger partial charge in [-0.3, -0.25) is 13.9 Å². The van der Waals surface area contributed by atoms with Gasteiger partial charge in [0.1, 0.15) is 11.6 Å². The van der Waals surface area contributed by atoms with E-state index < -0.39 is 11.2 Å². The zero-order valence-corrected chi connectivity index (χ0v) is 14.5. The number of hydrogen-bond donors (Lipinski definition) is 2. The highest BCUT2D eigenvalue weighted by Gasteiger charge is 2.16. The molecule has 1 aromatic carbocycles. The highest BCUT2D eigenvalue weighted by Crippen LogP contribution is 2.27. The van der Waals surface area contributed by atoms with E-state index in [0.717, 1.165) is 14.7 Å². The molecule has 2 rings (SSSR count). The monoisotopic (exact) mass is 330 g/mol. The molecule has 1 aromatic heterocycles. The topological polar surface area (TPSA) is 103 Å². The first-order valence-corrected chi connectivity index (χ1v) is 7.47. The Morgan fingerprint density at radius 3 is 2.38 bits per heavy atom. The lowest BCUT2D eigenvalue weighted by atomic mass is 9.86. The van der Waals surface area contributed by atoms with Crippen molar-refractivity contribution in [3.63, 3.8) is 0 Å². The Kier molecular flexibility index (Phi) is 4.38. The van der Waals surface area contributed by atoms with E-state index in [1.807, 2.05) is 12.1 Å². The molecule has 0 saturated carbocycles. The molecular weight excluding hydrogens is 308 g/mol. The Labute approximate surface area is 139 Å². The van der Waals surface area contributed by atoms with Crippen LogP contribution in [0.1, 0.15) is 31.9 Å². The average Bonchev–Trinajstić information content (AvgIpc) is 2.51. The number of phenolic OH excluding ortho intramolecular Hbond substituents is 1. The second kappa shape index (κ2) is 5.99. The Morgan fingerprint density at radius 2 is 1.79 bits per heavy atom. The zero-order valence-electron chi connectivity index (χ0n) is 14.5. The van der Waals surface area contributed by atoms with E-state index in [1.165, 1.54) is 20.3 Å². The molecule has 128 valence electrons. The largest absolute Gasteiger partial charge is 0.507 e. The van der Waals surface area contributed by atoms with Gasteiger partial charge in [-0.15, -0.1) is 0 Å². The summed E-state index contributed by atoms with van der Waals surface area (Å²) < 4.78 is 2.09. The fraction of sp³-hybridized carbons (Fsp3) is 0.353. The molecule has 0 atom stereocenters. The SMILES string of the molecule is Cn1c(N)c(N=Cc2cc(C(C)(C)C)ccc2O)c(=O)n(C)c1=O. The maximum Gasteiger partial charge on any atom is 0.332 e. The summed E-state index contributed by atoms with van der Waals surface area (Å²) in [7, 11) is 2.83. The van der Waals surface area contributed by atoms with Crippen molar-refractivity contribution in [2.75, 3.05) is 5.73 Å². The van der Waals surface area contributed by atoms with Crippen LogP contribution in [-0.2, 0) is 19.5 Å². The normalized spacial score (nSPS) is 12.0. The molecule has 2 aromatic rings. The van der Waals surface area contributed by atoms with Crippen molar-refractivity contribution in [2.45, 2.75) is 26.2 Å². The molecule has 0 unspecified atom stereocenters. The van der Waals surface area contributed by atoms with Gasteiger partial charge < -0.3 is 10.8 Å². The molecule has 3 N–H and O–H groups in total. The van der Waals surface area contributed by atoms with Crippen molar-refractivity contribution in [1.82, 2.24) is 9.13 Å². The molecule has 0 fully saturated rings. The number of benzene rings is 1. The van der Waals surface area contributed by atoms with Crippen molar-refractivity contribution in [3.05, 3.63) is 50.2 Å². The molecule has 0 aliphatic heterocycles. The minimum atomic E-state index is -0.585. The number of rotatable bonds is 2. The number of phenols is 1. The van der Waals surface area contributed by atoms with Gasteiger partial charge in [0.2, 0.25) is 0 Å². The van der Waals surface area contributed by atoms with Gasteiger partial charge in [-0.1, -0.05) is 26.8 Å². The number of aromatic hydroxyl groups is 1. The fourth-order valence-electron chi connectivity index (χ4n) is 2.22. The fourth-order valence-corrected chi connectivity index (χ4v) is 2.22. The van der Waals surface area contributed by atoms with Crippen LogP contribution in [0.25, 0.3) is 0 Å². The molecule has 7 nitrogen and oxygen atoms in total. The first kappa shape index (κ1) is 17.5. The van der Waals surface area contributed by atoms with Crippen molar-refractivity contribution >= 4 is 17.7 Å². The third kappa shape index (κ3) is 3.10. The lowest BCUT2D eigenvalue weighted by Gasteiger charge is -2.19. The van der Waals surface area contributed by atoms with E-state index in [4.69, 9.17) is 5.73 Å². The molecule has 1 heterocycles. The van der Waals surface area contributed by atoms with Crippen LogP contribution in [-0.4, -0.2) is 20.5 Å². The summed E-state index contributed by atoms with van der Waals surface area (Å²) in [4.78, 5) is 28.1. The highest BCUT2D eigenvalue weighted by atomic mass is 16.3. The maximum atomic E-state index is 12.2. The number of hydrogen-bond acceptors (Lipinski definition) is 5. The second-order valence-electron chi connectivity index (χ2n) is 6.72. The Balaban J connectivity index is 2.58. The predicted octanol–water partition coefficient (Wildman–Crippen LogP) is 1.42. The third-order valence-corrected chi connectivity index (χ3v) is 3.91. The second-order valence-corrected chi connectivity index (χ2v) is 6.72. The van der Waals surface area contributed by atoms with Gasteiger partial charge >= 0.3 is 5.69 Å². The molecule has 0 aliphatic carbocycles. The number of aliphatic imine (C=N–C) groups is 1. The van der Waals surface area contributed by atoms with Gasteiger partial charge in [0.25, 0.3) is 5.56 Å². The summed E-state index contributed by atoms with van der Waals surface area (Å²) in [6.07, 6.45) is 1.38. The van der Waals surface area contributed by atoms with Crippen LogP contribution in [0.3, 0.4) is 0 Å². The Hall–Kier alpha value is -2.83. The Bertz CT molecular complexity index is 931. The van der Waals surface area contributed by atoms with Crippen LogP contribution in [0.4, 0.5) is 11.5 Å². The van der Waals surface area contributed by atoms with Crippen molar-refractivity contribution < 1.29 is 5.11 Å². The van der Waals surface area contributed by atoms with Gasteiger partial charge in [0, 0.05) is 25.9 Å². The smallest absolute Gasteiger partial charge is 0.332 e. The Morgan fingerprint density at radius 1 is 1.17 bits per heavy atom. The van der Waals surface area contributed by atoms with Gasteiger partial charge in [-0.2, -0.15) is 0 Å². The predicted molar refractivity (Wildman–Crippen MR) is 95.4 cm³/mol. The van der Waals surface area contributed by atoms with Crippen LogP contribution < -0.4 is 17.0 Å². The van der Waals surface area contributed by atoms with E-state index in [9.17, 15) is 14.7 Å². The van der Waals surface area contributed by atoms with E-state index >= 15 is 0 Å². The number of anilines is 1. The third-order valence-electron chi connectivity index (χ3n) is 3.91. The highest BCUT2D eigenvalue weighted by molar-refractivity contribution is 5.86. The minimum absolute atomic E-state index is 0.0224. The van der Waals surface area contributed by atoms with Crippen LogP contribution in [0.2, 0.25) is 0 Å². The molecule has 0 saturated heterocycles. The van der Waals surface area contributed by atoms with Crippen molar-refractivity contribution in [2.24, 2.45) is 19.1 Å². The maximum absolute atomic E-state index is 12.2. The van der Waals surface area contributed by atoms with Crippen LogP contribution in [0.5, 0.6) is 5.75 Å². The molecule has 24 heavy (non-hydrogen) atoms. The van der Waals surface area contributed by atoms with Crippen LogP contribution in [0, 0.1) is 0 Å². The summed E-state index contributed by atoms with van der Waals surface area (Å²) in [5, 5.41) is 10.0. The van der Waals surface area contributed by atoms with Gasteiger partial charge in [0.15, 0.2) is 5.69 Å². The summed E-state index contributed by atoms with van der Waals surface area (Å²) in [6.45, 7) is 6.17. The van der Waals surface area contributed by atoms with Gasteiger partial charge in [-0.25, -0.2) is 9.79 Å². The molecule has 0 aliphatic rings. The minimum Gasteiger partial charge on any atom is -0.507 e. The van der Waals surface area contributed by atoms with E-state index in [2.05, 4.69) is 25.8 Å².